The summed E-state index contributed by atoms with van der Waals surface area (Å²) in [5.41, 5.74) is 1.02. The average Bonchev–Trinajstić information content (AvgIpc) is 2.25. The lowest BCUT2D eigenvalue weighted by molar-refractivity contribution is -0.123. The fourth-order valence-corrected chi connectivity index (χ4v) is 1.48. The van der Waals surface area contributed by atoms with Crippen LogP contribution in [0.1, 0.15) is 13.8 Å². The summed E-state index contributed by atoms with van der Waals surface area (Å²) in [6.45, 7) is 4.33. The van der Waals surface area contributed by atoms with Gasteiger partial charge in [-0.25, -0.2) is 0 Å². The highest BCUT2D eigenvalue weighted by Crippen LogP contribution is 2.32. The molecule has 0 atom stereocenters. The van der Waals surface area contributed by atoms with Crippen LogP contribution in [0.5, 0.6) is 5.75 Å². The summed E-state index contributed by atoms with van der Waals surface area (Å²) < 4.78 is 0. The quantitative estimate of drug-likeness (QED) is 0.567. The highest BCUT2D eigenvalue weighted by Gasteiger charge is 2.30. The Morgan fingerprint density at radius 2 is 2.07 bits per heavy atom. The van der Waals surface area contributed by atoms with Crippen molar-refractivity contribution in [2.24, 2.45) is 5.41 Å². The van der Waals surface area contributed by atoms with E-state index in [-0.39, 0.29) is 11.7 Å². The highest BCUT2D eigenvalue weighted by atomic mass is 16.3. The van der Waals surface area contributed by atoms with E-state index in [1.54, 1.807) is 18.2 Å². The third kappa shape index (κ3) is 1.75. The van der Waals surface area contributed by atoms with Crippen molar-refractivity contribution in [2.75, 3.05) is 17.2 Å². The molecule has 0 saturated heterocycles. The molecule has 0 saturated carbocycles. The molecule has 1 aromatic carbocycles. The Labute approximate surface area is 88.3 Å². The number of hydrogen-bond acceptors (Lipinski definition) is 3. The Bertz CT molecular complexity index is 413. The highest BCUT2D eigenvalue weighted by molar-refractivity contribution is 5.99. The van der Waals surface area contributed by atoms with Gasteiger partial charge in [0.05, 0.1) is 16.8 Å². The van der Waals surface area contributed by atoms with E-state index in [9.17, 15) is 9.90 Å². The molecule has 0 radical (unpaired) electrons. The fraction of sp³-hybridized carbons (Fsp3) is 0.364. The lowest BCUT2D eigenvalue weighted by Gasteiger charge is -2.19. The number of phenols is 1. The molecular weight excluding hydrogens is 192 g/mol. The van der Waals surface area contributed by atoms with Gasteiger partial charge in [-0.2, -0.15) is 0 Å². The number of fused-ring (bicyclic) bond motifs is 1. The molecule has 80 valence electrons. The average molecular weight is 206 g/mol. The first-order valence-corrected chi connectivity index (χ1v) is 4.87. The molecule has 0 unspecified atom stereocenters. The van der Waals surface area contributed by atoms with E-state index in [1.165, 1.54) is 0 Å². The molecule has 1 amide bonds. The standard InChI is InChI=1S/C11H14N2O2/c1-11(2)6-12-8-4-3-7(14)5-9(8)13-10(11)15/h3-5,12,14H,6H2,1-2H3,(H,13,15). The van der Waals surface area contributed by atoms with Gasteiger partial charge in [-0.3, -0.25) is 4.79 Å². The van der Waals surface area contributed by atoms with Crippen molar-refractivity contribution >= 4 is 17.3 Å². The molecule has 1 aromatic rings. The lowest BCUT2D eigenvalue weighted by Crippen LogP contribution is -2.34. The maximum absolute atomic E-state index is 11.8. The molecule has 0 spiro atoms. The maximum Gasteiger partial charge on any atom is 0.231 e. The minimum Gasteiger partial charge on any atom is -0.508 e. The minimum atomic E-state index is -0.450. The van der Waals surface area contributed by atoms with Crippen molar-refractivity contribution in [2.45, 2.75) is 13.8 Å². The summed E-state index contributed by atoms with van der Waals surface area (Å²) >= 11 is 0. The van der Waals surface area contributed by atoms with Gasteiger partial charge in [-0.05, 0) is 26.0 Å². The van der Waals surface area contributed by atoms with Crippen LogP contribution in [0.3, 0.4) is 0 Å². The predicted octanol–water partition coefficient (Wildman–Crippen LogP) is 1.78. The number of hydrogen-bond donors (Lipinski definition) is 3. The topological polar surface area (TPSA) is 61.4 Å². The van der Waals surface area contributed by atoms with Crippen LogP contribution in [0.15, 0.2) is 18.2 Å². The van der Waals surface area contributed by atoms with Gasteiger partial charge in [0.25, 0.3) is 0 Å². The molecule has 0 aliphatic carbocycles. The molecule has 0 bridgehead atoms. The van der Waals surface area contributed by atoms with Crippen LogP contribution in [0.4, 0.5) is 11.4 Å². The second kappa shape index (κ2) is 3.15. The molecule has 0 fully saturated rings. The molecule has 1 heterocycles. The Balaban J connectivity index is 2.40. The van der Waals surface area contributed by atoms with E-state index in [1.807, 2.05) is 13.8 Å². The first kappa shape index (κ1) is 9.83. The molecule has 15 heavy (non-hydrogen) atoms. The summed E-state index contributed by atoms with van der Waals surface area (Å²) in [5.74, 6) is 0.106. The number of amides is 1. The Kier molecular flexibility index (Phi) is 2.07. The van der Waals surface area contributed by atoms with Crippen molar-refractivity contribution in [3.8, 4) is 5.75 Å². The van der Waals surface area contributed by atoms with Gasteiger partial charge in [0.2, 0.25) is 5.91 Å². The van der Waals surface area contributed by atoms with Crippen LogP contribution in [0.25, 0.3) is 0 Å². The fourth-order valence-electron chi connectivity index (χ4n) is 1.48. The van der Waals surface area contributed by atoms with Gasteiger partial charge in [-0.1, -0.05) is 0 Å². The van der Waals surface area contributed by atoms with Crippen LogP contribution < -0.4 is 10.6 Å². The zero-order chi connectivity index (χ0) is 11.1. The van der Waals surface area contributed by atoms with Crippen molar-refractivity contribution in [1.29, 1.82) is 0 Å². The SMILES string of the molecule is CC1(C)CNc2ccc(O)cc2NC1=O. The van der Waals surface area contributed by atoms with E-state index in [2.05, 4.69) is 10.6 Å². The molecule has 3 N–H and O–H groups in total. The van der Waals surface area contributed by atoms with Crippen LogP contribution in [-0.2, 0) is 4.79 Å². The van der Waals surface area contributed by atoms with Crippen molar-refractivity contribution in [3.05, 3.63) is 18.2 Å². The number of nitrogens with one attached hydrogen (secondary N) is 2. The molecule has 1 aliphatic rings. The number of rotatable bonds is 0. The van der Waals surface area contributed by atoms with Gasteiger partial charge >= 0.3 is 0 Å². The predicted molar refractivity (Wildman–Crippen MR) is 59.0 cm³/mol. The van der Waals surface area contributed by atoms with Gasteiger partial charge in [0.1, 0.15) is 5.75 Å². The molecular formula is C11H14N2O2. The Hall–Kier alpha value is -1.71. The van der Waals surface area contributed by atoms with E-state index in [0.717, 1.165) is 5.69 Å². The summed E-state index contributed by atoms with van der Waals surface area (Å²) in [7, 11) is 0. The van der Waals surface area contributed by atoms with Crippen LogP contribution in [0, 0.1) is 5.41 Å². The van der Waals surface area contributed by atoms with Crippen LogP contribution >= 0.6 is 0 Å². The zero-order valence-corrected chi connectivity index (χ0v) is 8.79. The summed E-state index contributed by atoms with van der Waals surface area (Å²) in [5, 5.41) is 15.3. The summed E-state index contributed by atoms with van der Waals surface area (Å²) in [6, 6.07) is 4.89. The van der Waals surface area contributed by atoms with Gasteiger partial charge in [0, 0.05) is 12.6 Å². The molecule has 4 nitrogen and oxygen atoms in total. The lowest BCUT2D eigenvalue weighted by atomic mass is 9.93. The Morgan fingerprint density at radius 3 is 2.80 bits per heavy atom. The van der Waals surface area contributed by atoms with Crippen LogP contribution in [0.2, 0.25) is 0 Å². The smallest absolute Gasteiger partial charge is 0.231 e. The summed E-state index contributed by atoms with van der Waals surface area (Å²) in [4.78, 5) is 11.8. The molecule has 4 heteroatoms. The van der Waals surface area contributed by atoms with Gasteiger partial charge in [0.15, 0.2) is 0 Å². The third-order valence-electron chi connectivity index (χ3n) is 2.59. The van der Waals surface area contributed by atoms with E-state index >= 15 is 0 Å². The normalized spacial score (nSPS) is 18.4. The number of carbonyl (C=O) groups is 1. The number of phenolic OH excluding ortho intramolecular Hbond substituents is 1. The molecule has 1 aliphatic heterocycles. The number of aromatic hydroxyl groups is 1. The van der Waals surface area contributed by atoms with Gasteiger partial charge < -0.3 is 15.7 Å². The van der Waals surface area contributed by atoms with Crippen LogP contribution in [-0.4, -0.2) is 17.6 Å². The second-order valence-electron chi connectivity index (χ2n) is 4.42. The third-order valence-corrected chi connectivity index (χ3v) is 2.59. The van der Waals surface area contributed by atoms with Crippen molar-refractivity contribution in [1.82, 2.24) is 0 Å². The van der Waals surface area contributed by atoms with E-state index < -0.39 is 5.41 Å². The minimum absolute atomic E-state index is 0.0423. The zero-order valence-electron chi connectivity index (χ0n) is 8.79. The maximum atomic E-state index is 11.8. The molecule has 0 aromatic heterocycles. The second-order valence-corrected chi connectivity index (χ2v) is 4.42. The summed E-state index contributed by atoms with van der Waals surface area (Å²) in [6.07, 6.45) is 0. The van der Waals surface area contributed by atoms with Gasteiger partial charge in [-0.15, -0.1) is 0 Å². The Morgan fingerprint density at radius 1 is 1.33 bits per heavy atom. The largest absolute Gasteiger partial charge is 0.508 e. The molecule has 2 rings (SSSR count). The van der Waals surface area contributed by atoms with Crippen molar-refractivity contribution < 1.29 is 9.90 Å². The first-order chi connectivity index (χ1) is 6.99. The van der Waals surface area contributed by atoms with Crippen molar-refractivity contribution in [3.63, 3.8) is 0 Å². The van der Waals surface area contributed by atoms with E-state index in [4.69, 9.17) is 0 Å². The number of benzene rings is 1. The van der Waals surface area contributed by atoms with E-state index in [0.29, 0.717) is 12.2 Å². The first-order valence-electron chi connectivity index (χ1n) is 4.87. The number of carbonyl (C=O) groups excluding carboxylic acids is 1. The monoisotopic (exact) mass is 206 g/mol. The number of anilines is 2.